The van der Waals surface area contributed by atoms with Crippen LogP contribution in [-0.4, -0.2) is 34.1 Å². The zero-order chi connectivity index (χ0) is 19.2. The molecule has 0 radical (unpaired) electrons. The van der Waals surface area contributed by atoms with E-state index >= 15 is 0 Å². The van der Waals surface area contributed by atoms with Crippen LogP contribution in [0, 0.1) is 13.8 Å². The maximum Gasteiger partial charge on any atom is 0.258 e. The summed E-state index contributed by atoms with van der Waals surface area (Å²) in [6, 6.07) is 9.16. The molecule has 1 aliphatic rings. The summed E-state index contributed by atoms with van der Waals surface area (Å²) in [5.74, 6) is -0.0438. The van der Waals surface area contributed by atoms with E-state index in [4.69, 9.17) is 0 Å². The monoisotopic (exact) mass is 382 g/mol. The Morgan fingerprint density at radius 2 is 1.96 bits per heavy atom. The van der Waals surface area contributed by atoms with Gasteiger partial charge in [-0.1, -0.05) is 17.3 Å². The van der Waals surface area contributed by atoms with Crippen molar-refractivity contribution in [1.82, 2.24) is 20.0 Å². The lowest BCUT2D eigenvalue weighted by Gasteiger charge is -2.06. The third-order valence-corrected chi connectivity index (χ3v) is 6.14. The molecular weight excluding hydrogens is 364 g/mol. The number of aromatic nitrogens is 4. The maximum atomic E-state index is 12.6. The summed E-state index contributed by atoms with van der Waals surface area (Å²) >= 11 is 0. The Hall–Kier alpha value is -3.00. The molecule has 0 saturated heterocycles. The van der Waals surface area contributed by atoms with Crippen molar-refractivity contribution in [1.29, 1.82) is 0 Å². The molecule has 1 atom stereocenters. The highest BCUT2D eigenvalue weighted by atomic mass is 32.2. The second-order valence-electron chi connectivity index (χ2n) is 6.72. The molecule has 27 heavy (non-hydrogen) atoms. The molecule has 3 aromatic rings. The van der Waals surface area contributed by atoms with E-state index in [1.54, 1.807) is 18.3 Å². The molecule has 0 amide bonds. The summed E-state index contributed by atoms with van der Waals surface area (Å²) in [5, 5.41) is 9.20. The first-order chi connectivity index (χ1) is 12.8. The van der Waals surface area contributed by atoms with E-state index in [9.17, 15) is 13.2 Å². The number of nitrogens with zero attached hydrogens (tertiary/aromatic N) is 3. The first-order valence-corrected chi connectivity index (χ1v) is 10.2. The van der Waals surface area contributed by atoms with E-state index in [-0.39, 0.29) is 11.3 Å². The lowest BCUT2D eigenvalue weighted by atomic mass is 10.0. The number of rotatable bonds is 3. The van der Waals surface area contributed by atoms with Gasteiger partial charge in [0.25, 0.3) is 5.56 Å². The summed E-state index contributed by atoms with van der Waals surface area (Å²) in [5.41, 5.74) is 4.53. The smallest absolute Gasteiger partial charge is 0.258 e. The van der Waals surface area contributed by atoms with Gasteiger partial charge in [-0.3, -0.25) is 4.79 Å². The molecule has 0 spiro atoms. The molecule has 138 valence electrons. The number of hydrogen-bond donors (Lipinski definition) is 1. The van der Waals surface area contributed by atoms with Gasteiger partial charge in [0, 0.05) is 11.1 Å². The van der Waals surface area contributed by atoms with Crippen LogP contribution >= 0.6 is 0 Å². The van der Waals surface area contributed by atoms with Crippen molar-refractivity contribution in [3.05, 3.63) is 69.5 Å². The van der Waals surface area contributed by atoms with Crippen molar-refractivity contribution >= 4 is 9.84 Å². The summed E-state index contributed by atoms with van der Waals surface area (Å²) in [4.78, 5) is 15.4. The second kappa shape index (κ2) is 6.31. The summed E-state index contributed by atoms with van der Waals surface area (Å²) < 4.78 is 24.6. The van der Waals surface area contributed by atoms with E-state index in [2.05, 4.69) is 15.3 Å². The van der Waals surface area contributed by atoms with Crippen LogP contribution in [0.15, 0.2) is 52.8 Å². The minimum Gasteiger partial charge on any atom is -0.321 e. The van der Waals surface area contributed by atoms with Gasteiger partial charge in [-0.05, 0) is 54.8 Å². The zero-order valence-electron chi connectivity index (χ0n) is 14.9. The fraction of sp³-hybridized carbons (Fsp3) is 0.211. The molecule has 7 nitrogen and oxygen atoms in total. The van der Waals surface area contributed by atoms with Crippen molar-refractivity contribution in [3.8, 4) is 22.5 Å². The Morgan fingerprint density at radius 3 is 2.63 bits per heavy atom. The van der Waals surface area contributed by atoms with Gasteiger partial charge >= 0.3 is 0 Å². The van der Waals surface area contributed by atoms with E-state index in [1.165, 1.54) is 15.7 Å². The van der Waals surface area contributed by atoms with Gasteiger partial charge in [-0.2, -0.15) is 0 Å². The highest BCUT2D eigenvalue weighted by Gasteiger charge is 2.24. The minimum atomic E-state index is -3.19. The number of allylic oxidation sites excluding steroid dienone is 1. The quantitative estimate of drug-likeness (QED) is 0.750. The molecule has 2 aromatic heterocycles. The predicted molar refractivity (Wildman–Crippen MR) is 103 cm³/mol. The minimum absolute atomic E-state index is 0.0438. The van der Waals surface area contributed by atoms with E-state index in [0.29, 0.717) is 11.3 Å². The fourth-order valence-corrected chi connectivity index (χ4v) is 4.31. The normalized spacial score (nSPS) is 18.1. The largest absolute Gasteiger partial charge is 0.321 e. The third-order valence-electron chi connectivity index (χ3n) is 4.76. The van der Waals surface area contributed by atoms with Gasteiger partial charge in [-0.25, -0.2) is 13.1 Å². The Kier molecular flexibility index (Phi) is 4.07. The Balaban J connectivity index is 1.65. The topological polar surface area (TPSA) is 97.7 Å². The van der Waals surface area contributed by atoms with Crippen LogP contribution in [0.4, 0.5) is 0 Å². The first kappa shape index (κ1) is 17.4. The van der Waals surface area contributed by atoms with Gasteiger partial charge in [-0.15, -0.1) is 5.10 Å². The van der Waals surface area contributed by atoms with E-state index in [0.717, 1.165) is 16.8 Å². The number of H-pyrrole nitrogens is 1. The molecule has 1 aliphatic heterocycles. The molecule has 8 heteroatoms. The molecule has 0 saturated carbocycles. The predicted octanol–water partition coefficient (Wildman–Crippen LogP) is 2.40. The molecule has 1 aromatic carbocycles. The Bertz CT molecular complexity index is 1220. The average molecular weight is 382 g/mol. The summed E-state index contributed by atoms with van der Waals surface area (Å²) in [6.45, 7) is 4.07. The number of benzene rings is 1. The molecule has 0 unspecified atom stereocenters. The summed E-state index contributed by atoms with van der Waals surface area (Å²) in [6.07, 6.45) is 3.16. The second-order valence-corrected chi connectivity index (χ2v) is 8.65. The van der Waals surface area contributed by atoms with Gasteiger partial charge < -0.3 is 4.98 Å². The highest BCUT2D eigenvalue weighted by Crippen LogP contribution is 2.23. The standard InChI is InChI=1S/C19H18N4O3S/c1-12-3-4-14(9-13(12)2)17-6-5-16(19(24)20-17)18-10-23(22-21-18)15-7-8-27(25,26)11-15/h3-10,15H,11H2,1-2H3,(H,20,24)/t15-/m1/s1. The van der Waals surface area contributed by atoms with Crippen LogP contribution < -0.4 is 5.56 Å². The number of nitrogens with one attached hydrogen (secondary N) is 1. The molecule has 0 bridgehead atoms. The number of pyridine rings is 1. The summed E-state index contributed by atoms with van der Waals surface area (Å²) in [7, 11) is -3.19. The first-order valence-electron chi connectivity index (χ1n) is 8.46. The van der Waals surface area contributed by atoms with E-state index in [1.807, 2.05) is 38.1 Å². The van der Waals surface area contributed by atoms with E-state index < -0.39 is 15.9 Å². The van der Waals surface area contributed by atoms with Crippen molar-refractivity contribution in [2.75, 3.05) is 5.75 Å². The average Bonchev–Trinajstić information content (AvgIpc) is 3.23. The molecule has 1 N–H and O–H groups in total. The maximum absolute atomic E-state index is 12.6. The van der Waals surface area contributed by atoms with Gasteiger partial charge in [0.15, 0.2) is 9.84 Å². The van der Waals surface area contributed by atoms with Gasteiger partial charge in [0.05, 0.1) is 23.6 Å². The van der Waals surface area contributed by atoms with Crippen LogP contribution in [0.1, 0.15) is 17.2 Å². The fourth-order valence-electron chi connectivity index (χ4n) is 3.04. The Labute approximate surface area is 156 Å². The van der Waals surface area contributed by atoms with Crippen LogP contribution in [0.5, 0.6) is 0 Å². The number of aromatic amines is 1. The molecule has 0 fully saturated rings. The number of aryl methyl sites for hydroxylation is 2. The van der Waals surface area contributed by atoms with Crippen molar-refractivity contribution in [2.24, 2.45) is 0 Å². The number of sulfone groups is 1. The lowest BCUT2D eigenvalue weighted by Crippen LogP contribution is -2.12. The molecular formula is C19H18N4O3S. The van der Waals surface area contributed by atoms with Crippen LogP contribution in [0.3, 0.4) is 0 Å². The van der Waals surface area contributed by atoms with Crippen LogP contribution in [0.25, 0.3) is 22.5 Å². The zero-order valence-corrected chi connectivity index (χ0v) is 15.7. The van der Waals surface area contributed by atoms with Crippen molar-refractivity contribution < 1.29 is 8.42 Å². The SMILES string of the molecule is Cc1ccc(-c2ccc(-c3cn([C@@H]4C=CS(=O)(=O)C4)nn3)c(=O)[nH]2)cc1C. The van der Waals surface area contributed by atoms with Gasteiger partial charge in [0.2, 0.25) is 0 Å². The van der Waals surface area contributed by atoms with Gasteiger partial charge in [0.1, 0.15) is 5.69 Å². The third kappa shape index (κ3) is 3.35. The van der Waals surface area contributed by atoms with Crippen LogP contribution in [0.2, 0.25) is 0 Å². The van der Waals surface area contributed by atoms with Crippen molar-refractivity contribution in [2.45, 2.75) is 19.9 Å². The van der Waals surface area contributed by atoms with Crippen LogP contribution in [-0.2, 0) is 9.84 Å². The highest BCUT2D eigenvalue weighted by molar-refractivity contribution is 7.94. The number of hydrogen-bond acceptors (Lipinski definition) is 5. The molecule has 3 heterocycles. The lowest BCUT2D eigenvalue weighted by molar-refractivity contribution is 0.551. The molecule has 4 rings (SSSR count). The van der Waals surface area contributed by atoms with Crippen molar-refractivity contribution in [3.63, 3.8) is 0 Å². The Morgan fingerprint density at radius 1 is 1.15 bits per heavy atom. The molecule has 0 aliphatic carbocycles.